The second kappa shape index (κ2) is 29.6. The van der Waals surface area contributed by atoms with Crippen molar-refractivity contribution in [2.45, 2.75) is 275 Å². The number of aliphatic hydroxyl groups excluding tert-OH is 3. The molecule has 5 N–H and O–H groups in total. The number of benzene rings is 2. The third kappa shape index (κ3) is 16.0. The summed E-state index contributed by atoms with van der Waals surface area (Å²) < 4.78 is 41.1. The van der Waals surface area contributed by atoms with Crippen molar-refractivity contribution in [2.75, 3.05) is 40.5 Å². The zero-order valence-electron chi connectivity index (χ0n) is 55.5. The number of epoxide rings is 1. The van der Waals surface area contributed by atoms with E-state index >= 15 is 0 Å². The van der Waals surface area contributed by atoms with E-state index in [9.17, 15) is 30.3 Å². The Labute approximate surface area is 517 Å². The number of cyclic esters (lactones) is 1. The van der Waals surface area contributed by atoms with Crippen LogP contribution in [0.1, 0.15) is 180 Å². The number of ether oxygens (including phenoxy) is 6. The van der Waals surface area contributed by atoms with Crippen LogP contribution in [0.4, 0.5) is 0 Å². The normalized spacial score (nSPS) is 37.6. The molecule has 0 bridgehead atoms. The Bertz CT molecular complexity index is 2500. The van der Waals surface area contributed by atoms with Crippen LogP contribution >= 0.6 is 7.26 Å². The van der Waals surface area contributed by atoms with Gasteiger partial charge in [0.2, 0.25) is 0 Å². The smallest absolute Gasteiger partial charge is 0.126 e. The van der Waals surface area contributed by atoms with Crippen LogP contribution in [0.3, 0.4) is 0 Å². The van der Waals surface area contributed by atoms with E-state index in [2.05, 4.69) is 110 Å². The first-order valence-corrected chi connectivity index (χ1v) is 35.1. The van der Waals surface area contributed by atoms with E-state index in [0.29, 0.717) is 19.6 Å². The Balaban J connectivity index is 1.05. The van der Waals surface area contributed by atoms with Crippen LogP contribution in [0, 0.1) is 23.7 Å². The molecule has 4 aliphatic heterocycles. The molecule has 488 valence electrons. The van der Waals surface area contributed by atoms with Crippen LogP contribution in [0.5, 0.6) is 0 Å². The van der Waals surface area contributed by atoms with Crippen LogP contribution in [-0.2, 0) is 38.8 Å². The van der Waals surface area contributed by atoms with Crippen LogP contribution in [-0.4, -0.2) is 181 Å². The molecule has 0 radical (unpaired) electrons. The second-order valence-corrected chi connectivity index (χ2v) is 32.9. The standard InChI is InChI=1S/C69H115N4O12P/c1-17-57-68(13,79)60(75)50(6)72(69(45-81-69)37-31-23-21-19-18-20-22-24-32-38-86(52-33-27-25-28-34-52,53-35-29-26-30-36-53)54-42-70-73(44-54)65(8,9)10)43-46(2)40-66(11,78)62(85-64-59(74)55(71(14)15)39-47(3)82-64)48(4)58(49(5)63(77)84-57)56-41-67(12,80-16)61(76)51(7)83-56/h25-30,33-36,42,44,46-51,55-62,64,74-76,78-79,86H,17-24,31-32,37-41,43,45H2,1-16H3/t46-,47-,48+,49-,50-,51+,55+,56?,57-,58+,59-,60-,61+,62-,64+,66-,67-,68-,69?/m1/s1. The number of rotatable bonds is 22. The zero-order chi connectivity index (χ0) is 63.2. The maximum Gasteiger partial charge on any atom is 0.126 e. The molecule has 3 aromatic rings. The second-order valence-electron chi connectivity index (χ2n) is 28.9. The van der Waals surface area contributed by atoms with Gasteiger partial charge < -0.3 is 58.9 Å². The van der Waals surface area contributed by atoms with Gasteiger partial charge in [-0.25, -0.2) is 0 Å². The topological polar surface area (TPSA) is 201 Å². The minimum atomic E-state index is -2.37. The molecule has 7 rings (SSSR count). The van der Waals surface area contributed by atoms with E-state index in [1.807, 2.05) is 53.6 Å². The summed E-state index contributed by atoms with van der Waals surface area (Å²) in [5.74, 6) is -3.13. The van der Waals surface area contributed by atoms with Crippen molar-refractivity contribution in [1.29, 1.82) is 0 Å². The maximum atomic E-state index is 14.9. The number of methoxy groups -OCH3 is 1. The van der Waals surface area contributed by atoms with E-state index in [1.54, 1.807) is 34.8 Å². The molecule has 0 saturated carbocycles. The molecular formula is C69H115N4O12P. The van der Waals surface area contributed by atoms with Crippen molar-refractivity contribution >= 4 is 29.1 Å². The summed E-state index contributed by atoms with van der Waals surface area (Å²) in [5.41, 5.74) is -5.34. The predicted molar refractivity (Wildman–Crippen MR) is 344 cm³/mol. The zero-order valence-corrected chi connectivity index (χ0v) is 56.5. The summed E-state index contributed by atoms with van der Waals surface area (Å²) >= 11 is 0. The van der Waals surface area contributed by atoms with E-state index in [1.165, 1.54) is 41.6 Å². The molecule has 0 amide bonds. The monoisotopic (exact) mass is 1220 g/mol. The van der Waals surface area contributed by atoms with Gasteiger partial charge in [0, 0.05) is 38.1 Å². The number of hydrogen-bond donors (Lipinski definition) is 5. The fourth-order valence-corrected chi connectivity index (χ4v) is 20.2. The molecule has 4 saturated heterocycles. The third-order valence-corrected chi connectivity index (χ3v) is 25.7. The number of carbonyl (C=O) groups is 1. The van der Waals surface area contributed by atoms with Crippen LogP contribution < -0.4 is 15.9 Å². The molecule has 4 fully saturated rings. The Morgan fingerprint density at radius 1 is 0.791 bits per heavy atom. The predicted octanol–water partition coefficient (Wildman–Crippen LogP) is 8.85. The van der Waals surface area contributed by atoms with Crippen molar-refractivity contribution in [3.05, 3.63) is 73.1 Å². The molecule has 86 heavy (non-hydrogen) atoms. The SMILES string of the molecule is CC[C@H]1OC(=O)[C@H](C)[C@@H](C2C[C@@](C)(OC)[C@@H](O)[C@H](C)O2)[C@H](C)[C@@H](O[C@@H]2O[C@H](C)C[C@H](N(C)C)[C@H]2O)[C@](C)(O)C[C@@H](C)CN(C2(CCCCCCCCCCC[PH](c3ccccc3)(c3ccccc3)c3cnn(C(C)(C)C)c3)CO2)[C@H](C)[C@@H](O)[C@]1(C)O. The number of esters is 1. The van der Waals surface area contributed by atoms with Crippen molar-refractivity contribution in [2.24, 2.45) is 23.7 Å². The first-order chi connectivity index (χ1) is 40.5. The quantitative estimate of drug-likeness (QED) is 0.0276. The summed E-state index contributed by atoms with van der Waals surface area (Å²) in [4.78, 5) is 19.1. The Kier molecular flexibility index (Phi) is 24.2. The molecule has 0 aliphatic carbocycles. The van der Waals surface area contributed by atoms with Gasteiger partial charge in [-0.2, -0.15) is 0 Å². The molecule has 0 spiro atoms. The Morgan fingerprint density at radius 2 is 1.36 bits per heavy atom. The first-order valence-electron chi connectivity index (χ1n) is 32.9. The van der Waals surface area contributed by atoms with Crippen molar-refractivity contribution < 1.29 is 58.7 Å². The number of carbonyl (C=O) groups excluding carboxylic acids is 1. The molecule has 17 heteroatoms. The summed E-state index contributed by atoms with van der Waals surface area (Å²) in [6.45, 7) is 25.9. The molecule has 1 aromatic heterocycles. The molecule has 16 nitrogen and oxygen atoms in total. The fraction of sp³-hybridized carbons (Fsp3) is 0.768. The van der Waals surface area contributed by atoms with Crippen molar-refractivity contribution in [1.82, 2.24) is 19.6 Å². The van der Waals surface area contributed by atoms with Crippen LogP contribution in [0.25, 0.3) is 0 Å². The fourth-order valence-electron chi connectivity index (χ4n) is 15.4. The number of aromatic nitrogens is 2. The van der Waals surface area contributed by atoms with Crippen LogP contribution in [0.2, 0.25) is 0 Å². The average Bonchev–Trinajstić information content (AvgIpc) is 1.45. The van der Waals surface area contributed by atoms with Gasteiger partial charge in [-0.3, -0.25) is 9.69 Å². The number of hydrogen-bond acceptors (Lipinski definition) is 15. The van der Waals surface area contributed by atoms with E-state index in [-0.39, 0.29) is 42.9 Å². The van der Waals surface area contributed by atoms with Gasteiger partial charge in [0.1, 0.15) is 30.0 Å². The van der Waals surface area contributed by atoms with Gasteiger partial charge in [-0.05, 0) is 86.7 Å². The van der Waals surface area contributed by atoms with E-state index < -0.39 is 109 Å². The Morgan fingerprint density at radius 3 is 1.88 bits per heavy atom. The minimum absolute atomic E-state index is 0.108. The molecular weight excluding hydrogens is 1110 g/mol. The summed E-state index contributed by atoms with van der Waals surface area (Å²) in [6, 6.07) is 21.4. The summed E-state index contributed by atoms with van der Waals surface area (Å²) in [7, 11) is 3.02. The minimum Gasteiger partial charge on any atom is -0.388 e. The van der Waals surface area contributed by atoms with Gasteiger partial charge in [-0.15, -0.1) is 0 Å². The van der Waals surface area contributed by atoms with Crippen molar-refractivity contribution in [3.63, 3.8) is 0 Å². The number of aliphatic hydroxyl groups is 5. The van der Waals surface area contributed by atoms with Gasteiger partial charge in [-0.1, -0.05) is 27.7 Å². The summed E-state index contributed by atoms with van der Waals surface area (Å²) in [5, 5.41) is 70.8. The van der Waals surface area contributed by atoms with E-state index in [4.69, 9.17) is 33.5 Å². The summed E-state index contributed by atoms with van der Waals surface area (Å²) in [6.07, 6.45) is 9.31. The van der Waals surface area contributed by atoms with Gasteiger partial charge in [0.25, 0.3) is 0 Å². The van der Waals surface area contributed by atoms with Gasteiger partial charge in [0.05, 0.1) is 48.1 Å². The number of nitrogens with zero attached hydrogens (tertiary/aromatic N) is 4. The van der Waals surface area contributed by atoms with Gasteiger partial charge in [0.15, 0.2) is 6.29 Å². The third-order valence-electron chi connectivity index (χ3n) is 20.7. The largest absolute Gasteiger partial charge is 0.388 e. The average molecular weight is 1220 g/mol. The molecule has 5 heterocycles. The Hall–Kier alpha value is -2.93. The number of likely N-dealkylation sites (N-methyl/N-ethyl adjacent to an activating group) is 1. The molecule has 4 aliphatic rings. The van der Waals surface area contributed by atoms with E-state index in [0.717, 1.165) is 44.7 Å². The first kappa shape index (κ1) is 70.5. The molecule has 2 unspecified atom stereocenters. The van der Waals surface area contributed by atoms with Crippen molar-refractivity contribution in [3.8, 4) is 0 Å². The molecule has 2 aromatic carbocycles. The number of unbranched alkanes of at least 4 members (excludes halogenated alkanes) is 8. The molecule has 19 atom stereocenters. The maximum absolute atomic E-state index is 14.9. The van der Waals surface area contributed by atoms with Gasteiger partial charge >= 0.3 is 214 Å². The van der Waals surface area contributed by atoms with Crippen LogP contribution in [0.15, 0.2) is 73.1 Å².